The lowest BCUT2D eigenvalue weighted by molar-refractivity contribution is -0.142. The lowest BCUT2D eigenvalue weighted by Crippen LogP contribution is -2.19. The van der Waals surface area contributed by atoms with Crippen LogP contribution >= 0.6 is 0 Å². The van der Waals surface area contributed by atoms with Crippen LogP contribution in [0.15, 0.2) is 12.3 Å². The molecular weight excluding hydrogens is 228 g/mol. The molecule has 0 aromatic carbocycles. The van der Waals surface area contributed by atoms with Crippen molar-refractivity contribution in [1.82, 2.24) is 0 Å². The SMILES string of the molecule is C=C(C)OCCOCCOC(=O)C[S+](C)C. The lowest BCUT2D eigenvalue weighted by Gasteiger charge is -2.06. The van der Waals surface area contributed by atoms with E-state index in [4.69, 9.17) is 14.2 Å². The number of carbonyl (C=O) groups is 1. The lowest BCUT2D eigenvalue weighted by atomic mass is 10.6. The molecular formula is C11H21O4S+. The molecule has 0 radical (unpaired) electrons. The van der Waals surface area contributed by atoms with E-state index in [1.54, 1.807) is 6.92 Å². The van der Waals surface area contributed by atoms with Crippen LogP contribution < -0.4 is 0 Å². The Kier molecular flexibility index (Phi) is 9.13. The van der Waals surface area contributed by atoms with Gasteiger partial charge in [0.25, 0.3) is 0 Å². The van der Waals surface area contributed by atoms with Gasteiger partial charge < -0.3 is 14.2 Å². The standard InChI is InChI=1S/C11H21O4S/c1-10(2)14-7-5-13-6-8-15-11(12)9-16(3)4/h1,5-9H2,2-4H3/q+1. The van der Waals surface area contributed by atoms with Crippen molar-refractivity contribution in [1.29, 1.82) is 0 Å². The Morgan fingerprint density at radius 1 is 1.12 bits per heavy atom. The van der Waals surface area contributed by atoms with E-state index in [2.05, 4.69) is 6.58 Å². The second kappa shape index (κ2) is 9.54. The predicted molar refractivity (Wildman–Crippen MR) is 66.6 cm³/mol. The van der Waals surface area contributed by atoms with Gasteiger partial charge in [-0.05, 0) is 17.8 Å². The van der Waals surface area contributed by atoms with Crippen LogP contribution in [0.1, 0.15) is 6.92 Å². The first-order chi connectivity index (χ1) is 7.52. The molecule has 0 unspecified atom stereocenters. The summed E-state index contributed by atoms with van der Waals surface area (Å²) < 4.78 is 15.3. The molecule has 0 amide bonds. The molecule has 0 aliphatic carbocycles. The molecule has 0 aromatic rings. The minimum atomic E-state index is -0.157. The second-order valence-electron chi connectivity index (χ2n) is 3.51. The maximum absolute atomic E-state index is 11.1. The highest BCUT2D eigenvalue weighted by molar-refractivity contribution is 7.96. The summed E-state index contributed by atoms with van der Waals surface area (Å²) in [5.41, 5.74) is 0. The Morgan fingerprint density at radius 2 is 1.69 bits per heavy atom. The number of hydrogen-bond acceptors (Lipinski definition) is 4. The van der Waals surface area contributed by atoms with Crippen LogP contribution in [0.4, 0.5) is 0 Å². The fourth-order valence-corrected chi connectivity index (χ4v) is 1.42. The first kappa shape index (κ1) is 15.3. The third-order valence-corrected chi connectivity index (χ3v) is 2.29. The number of ether oxygens (including phenoxy) is 3. The van der Waals surface area contributed by atoms with Gasteiger partial charge in [0.2, 0.25) is 5.75 Å². The van der Waals surface area contributed by atoms with E-state index in [-0.39, 0.29) is 16.9 Å². The zero-order chi connectivity index (χ0) is 12.4. The van der Waals surface area contributed by atoms with E-state index in [0.717, 1.165) is 0 Å². The van der Waals surface area contributed by atoms with Gasteiger partial charge in [0.05, 0.1) is 31.5 Å². The van der Waals surface area contributed by atoms with Crippen molar-refractivity contribution in [3.05, 3.63) is 12.3 Å². The normalized spacial score (nSPS) is 10.2. The van der Waals surface area contributed by atoms with Gasteiger partial charge in [-0.2, -0.15) is 0 Å². The molecule has 0 atom stereocenters. The van der Waals surface area contributed by atoms with E-state index in [1.807, 2.05) is 12.5 Å². The van der Waals surface area contributed by atoms with Gasteiger partial charge in [-0.15, -0.1) is 0 Å². The quantitative estimate of drug-likeness (QED) is 0.264. The van der Waals surface area contributed by atoms with E-state index in [0.29, 0.717) is 37.9 Å². The molecule has 0 heterocycles. The average Bonchev–Trinajstić information content (AvgIpc) is 2.14. The number of rotatable bonds is 9. The third-order valence-electron chi connectivity index (χ3n) is 1.47. The zero-order valence-corrected chi connectivity index (χ0v) is 11.1. The number of carbonyl (C=O) groups excluding carboxylic acids is 1. The van der Waals surface area contributed by atoms with Crippen LogP contribution in [0, 0.1) is 0 Å². The van der Waals surface area contributed by atoms with Gasteiger partial charge in [-0.3, -0.25) is 0 Å². The minimum absolute atomic E-state index is 0.0938. The Hall–Kier alpha value is -0.680. The molecule has 0 saturated carbocycles. The Labute approximate surface area is 100 Å². The number of hydrogen-bond donors (Lipinski definition) is 0. The van der Waals surface area contributed by atoms with Crippen LogP contribution in [0.3, 0.4) is 0 Å². The van der Waals surface area contributed by atoms with E-state index in [1.165, 1.54) is 0 Å². The van der Waals surface area contributed by atoms with Gasteiger partial charge >= 0.3 is 5.97 Å². The highest BCUT2D eigenvalue weighted by Gasteiger charge is 2.11. The minimum Gasteiger partial charge on any atom is -0.496 e. The van der Waals surface area contributed by atoms with Gasteiger partial charge in [-0.1, -0.05) is 6.58 Å². The smallest absolute Gasteiger partial charge is 0.356 e. The maximum atomic E-state index is 11.1. The molecule has 0 rings (SSSR count). The average molecular weight is 249 g/mol. The molecule has 4 nitrogen and oxygen atoms in total. The van der Waals surface area contributed by atoms with Crippen molar-refractivity contribution in [3.63, 3.8) is 0 Å². The van der Waals surface area contributed by atoms with Gasteiger partial charge in [0.1, 0.15) is 13.2 Å². The van der Waals surface area contributed by atoms with Crippen LogP contribution in [0.25, 0.3) is 0 Å². The molecule has 0 N–H and O–H groups in total. The highest BCUT2D eigenvalue weighted by atomic mass is 32.2. The van der Waals surface area contributed by atoms with Crippen molar-refractivity contribution >= 4 is 16.9 Å². The first-order valence-electron chi connectivity index (χ1n) is 5.08. The van der Waals surface area contributed by atoms with Crippen molar-refractivity contribution in [2.75, 3.05) is 44.7 Å². The molecule has 16 heavy (non-hydrogen) atoms. The Bertz CT molecular complexity index is 216. The summed E-state index contributed by atoms with van der Waals surface area (Å²) in [5.74, 6) is 1.00. The largest absolute Gasteiger partial charge is 0.496 e. The zero-order valence-electron chi connectivity index (χ0n) is 10.3. The van der Waals surface area contributed by atoms with E-state index < -0.39 is 0 Å². The topological polar surface area (TPSA) is 44.8 Å². The van der Waals surface area contributed by atoms with Gasteiger partial charge in [0, 0.05) is 0 Å². The monoisotopic (exact) mass is 249 g/mol. The molecule has 94 valence electrons. The summed E-state index contributed by atoms with van der Waals surface area (Å²) in [6, 6.07) is 0. The Balaban J connectivity index is 3.20. The van der Waals surface area contributed by atoms with Gasteiger partial charge in [0.15, 0.2) is 0 Å². The molecule has 0 aromatic heterocycles. The molecule has 0 bridgehead atoms. The highest BCUT2D eigenvalue weighted by Crippen LogP contribution is 1.90. The molecule has 5 heteroatoms. The predicted octanol–water partition coefficient (Wildman–Crippen LogP) is 0.974. The van der Waals surface area contributed by atoms with Crippen LogP contribution in [0.2, 0.25) is 0 Å². The van der Waals surface area contributed by atoms with Crippen molar-refractivity contribution in [3.8, 4) is 0 Å². The van der Waals surface area contributed by atoms with Crippen LogP contribution in [-0.4, -0.2) is 50.7 Å². The summed E-state index contributed by atoms with van der Waals surface area (Å²) in [7, 11) is 0.0938. The molecule has 0 fully saturated rings. The second-order valence-corrected chi connectivity index (χ2v) is 5.77. The number of allylic oxidation sites excluding steroid dienone is 1. The molecule has 0 aliphatic heterocycles. The summed E-state index contributed by atoms with van der Waals surface area (Å²) >= 11 is 0. The van der Waals surface area contributed by atoms with Crippen molar-refractivity contribution in [2.24, 2.45) is 0 Å². The fraction of sp³-hybridized carbons (Fsp3) is 0.727. The molecule has 0 saturated heterocycles. The van der Waals surface area contributed by atoms with E-state index in [9.17, 15) is 4.79 Å². The fourth-order valence-electron chi connectivity index (χ4n) is 0.869. The summed E-state index contributed by atoms with van der Waals surface area (Å²) in [5, 5.41) is 0. The summed E-state index contributed by atoms with van der Waals surface area (Å²) in [6.45, 7) is 7.06. The van der Waals surface area contributed by atoms with Crippen LogP contribution in [-0.2, 0) is 29.9 Å². The van der Waals surface area contributed by atoms with Crippen molar-refractivity contribution in [2.45, 2.75) is 6.92 Å². The first-order valence-corrected chi connectivity index (χ1v) is 7.29. The van der Waals surface area contributed by atoms with E-state index >= 15 is 0 Å². The summed E-state index contributed by atoms with van der Waals surface area (Å²) in [6.07, 6.45) is 4.01. The van der Waals surface area contributed by atoms with Gasteiger partial charge in [-0.25, -0.2) is 4.79 Å². The maximum Gasteiger partial charge on any atom is 0.356 e. The molecule has 0 spiro atoms. The van der Waals surface area contributed by atoms with Crippen LogP contribution in [0.5, 0.6) is 0 Å². The number of esters is 1. The summed E-state index contributed by atoms with van der Waals surface area (Å²) in [4.78, 5) is 11.1. The van der Waals surface area contributed by atoms with Crippen molar-refractivity contribution < 1.29 is 19.0 Å². The molecule has 0 aliphatic rings. The Morgan fingerprint density at radius 3 is 2.19 bits per heavy atom. The third kappa shape index (κ3) is 11.4.